The highest BCUT2D eigenvalue weighted by Crippen LogP contribution is 2.33. The third-order valence-electron chi connectivity index (χ3n) is 5.93. The summed E-state index contributed by atoms with van der Waals surface area (Å²) in [6, 6.07) is 7.57. The number of aromatic nitrogens is 4. The Labute approximate surface area is 190 Å². The van der Waals surface area contributed by atoms with Crippen LogP contribution in [0.25, 0.3) is 11.0 Å². The van der Waals surface area contributed by atoms with Crippen molar-refractivity contribution in [2.24, 2.45) is 14.1 Å². The van der Waals surface area contributed by atoms with Gasteiger partial charge in [0.25, 0.3) is 5.56 Å². The molecule has 2 aromatic heterocycles. The maximum Gasteiger partial charge on any atom is 0.332 e. The molecule has 168 valence electrons. The number of carbonyl (C=O) groups excluding carboxylic acids is 1. The minimum Gasteiger partial charge on any atom is -0.325 e. The zero-order valence-corrected chi connectivity index (χ0v) is 19.4. The number of rotatable bonds is 5. The number of amides is 1. The van der Waals surface area contributed by atoms with Crippen LogP contribution in [0.4, 0.5) is 5.69 Å². The Balaban J connectivity index is 1.69. The third kappa shape index (κ3) is 4.48. The van der Waals surface area contributed by atoms with Crippen molar-refractivity contribution in [3.63, 3.8) is 0 Å². The van der Waals surface area contributed by atoms with Gasteiger partial charge in [-0.25, -0.2) is 14.8 Å². The first-order valence-corrected chi connectivity index (χ1v) is 11.8. The van der Waals surface area contributed by atoms with E-state index in [2.05, 4.69) is 10.3 Å². The van der Waals surface area contributed by atoms with Crippen LogP contribution in [0.1, 0.15) is 49.4 Å². The number of fused-ring (bicyclic) bond motifs is 1. The lowest BCUT2D eigenvalue weighted by atomic mass is 9.89. The van der Waals surface area contributed by atoms with Gasteiger partial charge in [-0.05, 0) is 31.9 Å². The fourth-order valence-corrected chi connectivity index (χ4v) is 4.88. The Morgan fingerprint density at radius 2 is 1.75 bits per heavy atom. The molecular formula is C23H27N5O3S. The Hall–Kier alpha value is -2.94. The molecular weight excluding hydrogens is 426 g/mol. The molecule has 32 heavy (non-hydrogen) atoms. The quantitative estimate of drug-likeness (QED) is 0.471. The van der Waals surface area contributed by atoms with Crippen molar-refractivity contribution in [2.45, 2.75) is 50.0 Å². The zero-order valence-electron chi connectivity index (χ0n) is 18.6. The Morgan fingerprint density at radius 3 is 2.44 bits per heavy atom. The van der Waals surface area contributed by atoms with Crippen molar-refractivity contribution in [3.05, 3.63) is 56.5 Å². The van der Waals surface area contributed by atoms with E-state index in [4.69, 9.17) is 4.98 Å². The number of hydrogen-bond acceptors (Lipinski definition) is 6. The van der Waals surface area contributed by atoms with E-state index in [-0.39, 0.29) is 23.0 Å². The highest BCUT2D eigenvalue weighted by molar-refractivity contribution is 8.00. The van der Waals surface area contributed by atoms with E-state index in [1.165, 1.54) is 29.8 Å². The van der Waals surface area contributed by atoms with Gasteiger partial charge in [-0.2, -0.15) is 0 Å². The van der Waals surface area contributed by atoms with Crippen molar-refractivity contribution in [1.82, 2.24) is 19.1 Å². The molecule has 8 nitrogen and oxygen atoms in total. The predicted octanol–water partition coefficient (Wildman–Crippen LogP) is 3.11. The minimum atomic E-state index is -0.445. The standard InChI is InChI=1S/C23H27N5O3S/c1-14-9-11-16(12-10-14)24-17(29)13-32-21-18-20(27(2)23(31)28(3)22(18)30)25-19(26-21)15-7-5-4-6-8-15/h9-12,15H,4-8,13H2,1-3H3,(H,24,29). The topological polar surface area (TPSA) is 98.9 Å². The van der Waals surface area contributed by atoms with E-state index in [1.54, 1.807) is 7.05 Å². The van der Waals surface area contributed by atoms with Crippen LogP contribution in [-0.4, -0.2) is 30.8 Å². The second-order valence-electron chi connectivity index (χ2n) is 8.33. The molecule has 1 aromatic carbocycles. The molecule has 1 amide bonds. The normalized spacial score (nSPS) is 14.6. The Kier molecular flexibility index (Phi) is 6.45. The highest BCUT2D eigenvalue weighted by Gasteiger charge is 2.23. The first kappa shape index (κ1) is 22.3. The van der Waals surface area contributed by atoms with Gasteiger partial charge < -0.3 is 5.32 Å². The molecule has 0 unspecified atom stereocenters. The monoisotopic (exact) mass is 453 g/mol. The van der Waals surface area contributed by atoms with E-state index in [9.17, 15) is 14.4 Å². The maximum absolute atomic E-state index is 12.9. The van der Waals surface area contributed by atoms with Crippen molar-refractivity contribution >= 4 is 34.4 Å². The lowest BCUT2D eigenvalue weighted by Gasteiger charge is -2.21. The summed E-state index contributed by atoms with van der Waals surface area (Å²) in [7, 11) is 3.05. The molecule has 1 aliphatic rings. The highest BCUT2D eigenvalue weighted by atomic mass is 32.2. The van der Waals surface area contributed by atoms with Gasteiger partial charge in [-0.15, -0.1) is 0 Å². The van der Waals surface area contributed by atoms with E-state index in [1.807, 2.05) is 31.2 Å². The average Bonchev–Trinajstić information content (AvgIpc) is 2.81. The van der Waals surface area contributed by atoms with Crippen molar-refractivity contribution in [3.8, 4) is 0 Å². The minimum absolute atomic E-state index is 0.0933. The van der Waals surface area contributed by atoms with Crippen molar-refractivity contribution in [2.75, 3.05) is 11.1 Å². The maximum atomic E-state index is 12.9. The van der Waals surface area contributed by atoms with Gasteiger partial charge in [-0.3, -0.25) is 18.7 Å². The van der Waals surface area contributed by atoms with Crippen LogP contribution in [0.3, 0.4) is 0 Å². The predicted molar refractivity (Wildman–Crippen MR) is 126 cm³/mol. The van der Waals surface area contributed by atoms with Crippen molar-refractivity contribution in [1.29, 1.82) is 0 Å². The molecule has 1 saturated carbocycles. The van der Waals surface area contributed by atoms with Gasteiger partial charge >= 0.3 is 5.69 Å². The number of hydrogen-bond donors (Lipinski definition) is 1. The van der Waals surface area contributed by atoms with Gasteiger partial charge in [0.1, 0.15) is 16.2 Å². The second-order valence-corrected chi connectivity index (χ2v) is 9.29. The molecule has 2 heterocycles. The van der Waals surface area contributed by atoms with Crippen LogP contribution >= 0.6 is 11.8 Å². The third-order valence-corrected chi connectivity index (χ3v) is 6.91. The molecule has 3 aromatic rings. The largest absolute Gasteiger partial charge is 0.332 e. The summed E-state index contributed by atoms with van der Waals surface area (Å²) in [6.45, 7) is 1.99. The van der Waals surface area contributed by atoms with E-state index < -0.39 is 11.2 Å². The number of carbonyl (C=O) groups is 1. The number of thioether (sulfide) groups is 1. The summed E-state index contributed by atoms with van der Waals surface area (Å²) >= 11 is 1.20. The molecule has 0 atom stereocenters. The first-order chi connectivity index (χ1) is 15.3. The van der Waals surface area contributed by atoms with E-state index in [0.717, 1.165) is 41.5 Å². The number of anilines is 1. The molecule has 0 bridgehead atoms. The number of nitrogens with zero attached hydrogens (tertiary/aromatic N) is 4. The van der Waals surface area contributed by atoms with Gasteiger partial charge in [0.15, 0.2) is 5.65 Å². The number of nitrogens with one attached hydrogen (secondary N) is 1. The molecule has 0 aliphatic heterocycles. The second kappa shape index (κ2) is 9.28. The summed E-state index contributed by atoms with van der Waals surface area (Å²) in [4.78, 5) is 47.4. The molecule has 9 heteroatoms. The summed E-state index contributed by atoms with van der Waals surface area (Å²) in [5.41, 5.74) is 1.29. The molecule has 0 radical (unpaired) electrons. The van der Waals surface area contributed by atoms with Crippen LogP contribution in [0.5, 0.6) is 0 Å². The van der Waals surface area contributed by atoms with Gasteiger partial charge in [0.05, 0.1) is 5.75 Å². The summed E-state index contributed by atoms with van der Waals surface area (Å²) in [5, 5.41) is 3.60. The Bertz CT molecular complexity index is 1270. The molecule has 1 aliphatic carbocycles. The van der Waals surface area contributed by atoms with Crippen LogP contribution < -0.4 is 16.6 Å². The number of aryl methyl sites for hydroxylation is 2. The van der Waals surface area contributed by atoms with Gasteiger partial charge in [0.2, 0.25) is 5.91 Å². The number of benzene rings is 1. The zero-order chi connectivity index (χ0) is 22.8. The lowest BCUT2D eigenvalue weighted by Crippen LogP contribution is -2.38. The molecule has 0 saturated heterocycles. The Morgan fingerprint density at radius 1 is 1.06 bits per heavy atom. The average molecular weight is 454 g/mol. The van der Waals surface area contributed by atoms with E-state index in [0.29, 0.717) is 16.5 Å². The smallest absolute Gasteiger partial charge is 0.325 e. The fraction of sp³-hybridized carbons (Fsp3) is 0.435. The molecule has 1 N–H and O–H groups in total. The van der Waals surface area contributed by atoms with Crippen LogP contribution in [0.2, 0.25) is 0 Å². The SMILES string of the molecule is Cc1ccc(NC(=O)CSc2nc(C3CCCCC3)nc3c2c(=O)n(C)c(=O)n3C)cc1. The summed E-state index contributed by atoms with van der Waals surface area (Å²) in [6.07, 6.45) is 5.40. The van der Waals surface area contributed by atoms with Crippen LogP contribution in [0, 0.1) is 6.92 Å². The molecule has 1 fully saturated rings. The van der Waals surface area contributed by atoms with Crippen molar-refractivity contribution < 1.29 is 4.79 Å². The lowest BCUT2D eigenvalue weighted by molar-refractivity contribution is -0.113. The first-order valence-electron chi connectivity index (χ1n) is 10.8. The van der Waals surface area contributed by atoms with Gasteiger partial charge in [0, 0.05) is 25.7 Å². The summed E-state index contributed by atoms with van der Waals surface area (Å²) in [5.74, 6) is 0.761. The van der Waals surface area contributed by atoms with E-state index >= 15 is 0 Å². The molecule has 0 spiro atoms. The van der Waals surface area contributed by atoms with Crippen LogP contribution in [0.15, 0.2) is 38.9 Å². The fourth-order valence-electron chi connectivity index (χ4n) is 4.06. The van der Waals surface area contributed by atoms with Gasteiger partial charge in [-0.1, -0.05) is 48.7 Å². The molecule has 4 rings (SSSR count). The van der Waals surface area contributed by atoms with Crippen LogP contribution in [-0.2, 0) is 18.9 Å². The summed E-state index contributed by atoms with van der Waals surface area (Å²) < 4.78 is 2.45.